The van der Waals surface area contributed by atoms with Gasteiger partial charge in [0.15, 0.2) is 0 Å². The van der Waals surface area contributed by atoms with Crippen LogP contribution in [-0.4, -0.2) is 36.0 Å². The maximum atomic E-state index is 11.2. The summed E-state index contributed by atoms with van der Waals surface area (Å²) in [6.45, 7) is 5.36. The fourth-order valence-electron chi connectivity index (χ4n) is 1.46. The van der Waals surface area contributed by atoms with Gasteiger partial charge in [-0.05, 0) is 5.92 Å². The molecule has 6 heteroatoms. The average molecular weight is 262 g/mol. The predicted molar refractivity (Wildman–Crippen MR) is 63.3 cm³/mol. The number of hydrogen-bond acceptors (Lipinski definition) is 6. The SMILES string of the molecule is COC(=O)CC1SC(C(C)C)OC1OC(C)=O. The lowest BCUT2D eigenvalue weighted by Gasteiger charge is -2.16. The van der Waals surface area contributed by atoms with Crippen molar-refractivity contribution in [3.05, 3.63) is 0 Å². The lowest BCUT2D eigenvalue weighted by Crippen LogP contribution is -2.28. The number of carbonyl (C=O) groups excluding carboxylic acids is 2. The Kier molecular flexibility index (Phi) is 5.27. The molecule has 0 aliphatic carbocycles. The van der Waals surface area contributed by atoms with Crippen LogP contribution in [0.4, 0.5) is 0 Å². The molecule has 17 heavy (non-hydrogen) atoms. The summed E-state index contributed by atoms with van der Waals surface area (Å²) >= 11 is 1.51. The first kappa shape index (κ1) is 14.3. The molecule has 0 aromatic rings. The van der Waals surface area contributed by atoms with E-state index in [4.69, 9.17) is 9.47 Å². The van der Waals surface area contributed by atoms with Crippen LogP contribution in [0.1, 0.15) is 27.2 Å². The number of thioether (sulfide) groups is 1. The van der Waals surface area contributed by atoms with Crippen LogP contribution >= 0.6 is 11.8 Å². The molecule has 0 saturated carbocycles. The third-order valence-electron chi connectivity index (χ3n) is 2.30. The Labute approximate surface area is 105 Å². The summed E-state index contributed by atoms with van der Waals surface area (Å²) in [5, 5.41) is -0.196. The molecule has 0 bridgehead atoms. The molecule has 0 aromatic heterocycles. The summed E-state index contributed by atoms with van der Waals surface area (Å²) in [4.78, 5) is 22.2. The van der Waals surface area contributed by atoms with Gasteiger partial charge in [-0.3, -0.25) is 9.59 Å². The van der Waals surface area contributed by atoms with Gasteiger partial charge in [-0.25, -0.2) is 0 Å². The number of carbonyl (C=O) groups is 2. The Morgan fingerprint density at radius 1 is 1.41 bits per heavy atom. The Balaban J connectivity index is 2.63. The van der Waals surface area contributed by atoms with Gasteiger partial charge in [0.2, 0.25) is 6.29 Å². The first-order chi connectivity index (χ1) is 7.93. The molecule has 3 unspecified atom stereocenters. The molecule has 0 radical (unpaired) electrons. The van der Waals surface area contributed by atoms with E-state index >= 15 is 0 Å². The average Bonchev–Trinajstić information content (AvgIpc) is 2.60. The minimum atomic E-state index is -0.663. The van der Waals surface area contributed by atoms with Crippen molar-refractivity contribution >= 4 is 23.7 Å². The van der Waals surface area contributed by atoms with Crippen molar-refractivity contribution in [2.75, 3.05) is 7.11 Å². The van der Waals surface area contributed by atoms with E-state index in [0.717, 1.165) is 0 Å². The third kappa shape index (κ3) is 4.20. The fraction of sp³-hybridized carbons (Fsp3) is 0.818. The van der Waals surface area contributed by atoms with Crippen molar-refractivity contribution in [1.29, 1.82) is 0 Å². The van der Waals surface area contributed by atoms with E-state index in [9.17, 15) is 9.59 Å². The molecular formula is C11H18O5S. The van der Waals surface area contributed by atoms with Crippen LogP contribution in [0.15, 0.2) is 0 Å². The van der Waals surface area contributed by atoms with Gasteiger partial charge in [-0.1, -0.05) is 13.8 Å². The minimum absolute atomic E-state index is 0.0611. The fourth-order valence-corrected chi connectivity index (χ4v) is 2.77. The number of ether oxygens (including phenoxy) is 3. The molecule has 0 amide bonds. The van der Waals surface area contributed by atoms with Crippen LogP contribution in [-0.2, 0) is 23.8 Å². The zero-order valence-electron chi connectivity index (χ0n) is 10.5. The van der Waals surface area contributed by atoms with Crippen molar-refractivity contribution in [2.24, 2.45) is 5.92 Å². The summed E-state index contributed by atoms with van der Waals surface area (Å²) in [6.07, 6.45) is -0.480. The molecule has 98 valence electrons. The minimum Gasteiger partial charge on any atom is -0.469 e. The molecule has 0 spiro atoms. The molecule has 1 heterocycles. The van der Waals surface area contributed by atoms with E-state index < -0.39 is 12.3 Å². The van der Waals surface area contributed by atoms with Crippen LogP contribution in [0.5, 0.6) is 0 Å². The van der Waals surface area contributed by atoms with Gasteiger partial charge < -0.3 is 14.2 Å². The second kappa shape index (κ2) is 6.26. The van der Waals surface area contributed by atoms with Crippen molar-refractivity contribution in [3.8, 4) is 0 Å². The third-order valence-corrected chi connectivity index (χ3v) is 3.96. The molecular weight excluding hydrogens is 244 g/mol. The lowest BCUT2D eigenvalue weighted by atomic mass is 10.2. The molecule has 0 aromatic carbocycles. The first-order valence-electron chi connectivity index (χ1n) is 5.49. The van der Waals surface area contributed by atoms with Gasteiger partial charge in [0.1, 0.15) is 5.44 Å². The summed E-state index contributed by atoms with van der Waals surface area (Å²) in [5.41, 5.74) is -0.0611. The van der Waals surface area contributed by atoms with Crippen LogP contribution in [0.3, 0.4) is 0 Å². The van der Waals surface area contributed by atoms with Crippen molar-refractivity contribution < 1.29 is 23.8 Å². The van der Waals surface area contributed by atoms with Crippen LogP contribution in [0.25, 0.3) is 0 Å². The van der Waals surface area contributed by atoms with Gasteiger partial charge >= 0.3 is 11.9 Å². The second-order valence-corrected chi connectivity index (χ2v) is 5.52. The van der Waals surface area contributed by atoms with E-state index in [2.05, 4.69) is 4.74 Å². The van der Waals surface area contributed by atoms with E-state index in [1.54, 1.807) is 0 Å². The highest BCUT2D eigenvalue weighted by molar-refractivity contribution is 8.00. The Morgan fingerprint density at radius 2 is 2.06 bits per heavy atom. The largest absolute Gasteiger partial charge is 0.469 e. The Bertz CT molecular complexity index is 292. The predicted octanol–water partition coefficient (Wildman–Crippen LogP) is 1.55. The van der Waals surface area contributed by atoms with Gasteiger partial charge in [-0.2, -0.15) is 0 Å². The highest BCUT2D eigenvalue weighted by Gasteiger charge is 2.40. The topological polar surface area (TPSA) is 61.8 Å². The number of hydrogen-bond donors (Lipinski definition) is 0. The van der Waals surface area contributed by atoms with Gasteiger partial charge in [-0.15, -0.1) is 11.8 Å². The van der Waals surface area contributed by atoms with Gasteiger partial charge in [0.25, 0.3) is 0 Å². The molecule has 3 atom stereocenters. The second-order valence-electron chi connectivity index (χ2n) is 4.18. The molecule has 1 fully saturated rings. The Hall–Kier alpha value is -0.750. The number of rotatable bonds is 4. The highest BCUT2D eigenvalue weighted by Crippen LogP contribution is 2.39. The summed E-state index contributed by atoms with van der Waals surface area (Å²) < 4.78 is 15.3. The highest BCUT2D eigenvalue weighted by atomic mass is 32.2. The number of esters is 2. The maximum absolute atomic E-state index is 11.2. The van der Waals surface area contributed by atoms with Gasteiger partial charge in [0, 0.05) is 6.92 Å². The van der Waals surface area contributed by atoms with Crippen LogP contribution in [0, 0.1) is 5.92 Å². The first-order valence-corrected chi connectivity index (χ1v) is 6.43. The van der Waals surface area contributed by atoms with E-state index in [-0.39, 0.29) is 23.1 Å². The molecule has 5 nitrogen and oxygen atoms in total. The van der Waals surface area contributed by atoms with Crippen molar-refractivity contribution in [2.45, 2.75) is 44.2 Å². The van der Waals surface area contributed by atoms with Gasteiger partial charge in [0.05, 0.1) is 18.8 Å². The monoisotopic (exact) mass is 262 g/mol. The van der Waals surface area contributed by atoms with Crippen LogP contribution in [0.2, 0.25) is 0 Å². The van der Waals surface area contributed by atoms with Crippen molar-refractivity contribution in [3.63, 3.8) is 0 Å². The molecule has 0 N–H and O–H groups in total. The summed E-state index contributed by atoms with van der Waals surface area (Å²) in [6, 6.07) is 0. The normalized spacial score (nSPS) is 28.2. The molecule has 1 aliphatic rings. The van der Waals surface area contributed by atoms with E-state index in [1.807, 2.05) is 13.8 Å². The Morgan fingerprint density at radius 3 is 2.53 bits per heavy atom. The zero-order valence-corrected chi connectivity index (χ0v) is 11.3. The standard InChI is InChI=1S/C11H18O5S/c1-6(2)11-16-10(15-7(3)12)8(17-11)5-9(13)14-4/h6,8,10-11H,5H2,1-4H3. The summed E-state index contributed by atoms with van der Waals surface area (Å²) in [5.74, 6) is -0.441. The smallest absolute Gasteiger partial charge is 0.306 e. The van der Waals surface area contributed by atoms with Crippen LogP contribution < -0.4 is 0 Å². The lowest BCUT2D eigenvalue weighted by molar-refractivity contribution is -0.178. The molecule has 1 rings (SSSR count). The molecule has 1 aliphatic heterocycles. The summed E-state index contributed by atoms with van der Waals surface area (Å²) in [7, 11) is 1.34. The number of methoxy groups -OCH3 is 1. The van der Waals surface area contributed by atoms with Crippen molar-refractivity contribution in [1.82, 2.24) is 0 Å². The quantitative estimate of drug-likeness (QED) is 0.716. The van der Waals surface area contributed by atoms with E-state index in [1.165, 1.54) is 25.8 Å². The molecule has 1 saturated heterocycles. The zero-order chi connectivity index (χ0) is 13.0. The maximum Gasteiger partial charge on any atom is 0.306 e. The van der Waals surface area contributed by atoms with E-state index in [0.29, 0.717) is 5.92 Å².